The highest BCUT2D eigenvalue weighted by Crippen LogP contribution is 2.39. The zero-order valence-corrected chi connectivity index (χ0v) is 23.2. The summed E-state index contributed by atoms with van der Waals surface area (Å²) in [5.74, 6) is 0. The van der Waals surface area contributed by atoms with Gasteiger partial charge in [-0.1, -0.05) is 66.7 Å². The molecule has 42 heavy (non-hydrogen) atoms. The molecular weight excluding hydrogens is 533 g/mol. The minimum absolute atomic E-state index is 1.06. The summed E-state index contributed by atoms with van der Waals surface area (Å²) in [6.07, 6.45) is 2.02. The van der Waals surface area contributed by atoms with Gasteiger partial charge >= 0.3 is 0 Å². The predicted molar refractivity (Wildman–Crippen MR) is 177 cm³/mol. The lowest BCUT2D eigenvalue weighted by Gasteiger charge is -2.09. The summed E-state index contributed by atoms with van der Waals surface area (Å²) in [4.78, 5) is 6.07. The van der Waals surface area contributed by atoms with Gasteiger partial charge in [0.2, 0.25) is 0 Å². The second kappa shape index (κ2) is 8.09. The van der Waals surface area contributed by atoms with Gasteiger partial charge in [0.05, 0.1) is 39.5 Å². The van der Waals surface area contributed by atoms with Crippen LogP contribution in [0, 0.1) is 0 Å². The molecule has 0 aliphatic carbocycles. The largest absolute Gasteiger partial charge is 0.309 e. The molecule has 0 unspecified atom stereocenters. The molecule has 0 fully saturated rings. The van der Waals surface area contributed by atoms with Crippen LogP contribution in [0.25, 0.3) is 81.1 Å². The summed E-state index contributed by atoms with van der Waals surface area (Å²) in [6, 6.07) is 46.0. The molecule has 0 saturated heterocycles. The van der Waals surface area contributed by atoms with E-state index in [9.17, 15) is 0 Å². The van der Waals surface area contributed by atoms with E-state index in [0.29, 0.717) is 0 Å². The van der Waals surface area contributed by atoms with Crippen LogP contribution in [-0.2, 0) is 0 Å². The van der Waals surface area contributed by atoms with Crippen LogP contribution in [0.1, 0.15) is 0 Å². The van der Waals surface area contributed by atoms with Crippen molar-refractivity contribution in [2.45, 2.75) is 0 Å². The highest BCUT2D eigenvalue weighted by atomic mass is 32.1. The van der Waals surface area contributed by atoms with Gasteiger partial charge in [0.25, 0.3) is 0 Å². The number of para-hydroxylation sites is 5. The normalized spacial score (nSPS) is 12.3. The van der Waals surface area contributed by atoms with Crippen LogP contribution >= 0.6 is 11.3 Å². The molecule has 0 spiro atoms. The molecule has 0 amide bonds. The molecule has 0 saturated carbocycles. The first-order chi connectivity index (χ1) is 20.8. The molecule has 4 nitrogen and oxygen atoms in total. The van der Waals surface area contributed by atoms with Crippen LogP contribution in [0.3, 0.4) is 0 Å². The van der Waals surface area contributed by atoms with Crippen molar-refractivity contribution in [2.24, 2.45) is 0 Å². The Morgan fingerprint density at radius 3 is 1.90 bits per heavy atom. The summed E-state index contributed by atoms with van der Waals surface area (Å²) in [5.41, 5.74) is 9.39. The van der Waals surface area contributed by atoms with Crippen molar-refractivity contribution in [3.05, 3.63) is 134 Å². The lowest BCUT2D eigenvalue weighted by Crippen LogP contribution is -1.95. The third-order valence-electron chi connectivity index (χ3n) is 8.68. The van der Waals surface area contributed by atoms with Gasteiger partial charge in [-0.15, -0.1) is 11.3 Å². The van der Waals surface area contributed by atoms with Crippen LogP contribution in [0.2, 0.25) is 0 Å². The third kappa shape index (κ3) is 2.88. The smallest absolute Gasteiger partial charge is 0.124 e. The SMILES string of the molecule is c1ccc2c(c1)cc1n(-c3cnc4sc5ccc(-n6c7ccccc7c7ccccc76)cc5c4c3)c3ccccc3n21. The van der Waals surface area contributed by atoms with Gasteiger partial charge in [-0.05, 0) is 60.7 Å². The third-order valence-corrected chi connectivity index (χ3v) is 9.77. The molecule has 5 aromatic carbocycles. The van der Waals surface area contributed by atoms with Gasteiger partial charge in [-0.3, -0.25) is 8.97 Å². The molecule has 10 aromatic rings. The molecule has 0 bridgehead atoms. The summed E-state index contributed by atoms with van der Waals surface area (Å²) in [5, 5.41) is 6.20. The monoisotopic (exact) mass is 554 g/mol. The average Bonchev–Trinajstić information content (AvgIpc) is 3.77. The quantitative estimate of drug-likeness (QED) is 0.209. The molecular formula is C37H22N4S. The fraction of sp³-hybridized carbons (Fsp3) is 0. The number of nitrogens with zero attached hydrogens (tertiary/aromatic N) is 4. The lowest BCUT2D eigenvalue weighted by atomic mass is 10.1. The number of benzene rings is 5. The molecule has 5 heteroatoms. The van der Waals surface area contributed by atoms with E-state index in [1.165, 1.54) is 59.2 Å². The van der Waals surface area contributed by atoms with Crippen molar-refractivity contribution in [3.8, 4) is 11.4 Å². The van der Waals surface area contributed by atoms with E-state index in [1.54, 1.807) is 11.3 Å². The fourth-order valence-electron chi connectivity index (χ4n) is 6.89. The van der Waals surface area contributed by atoms with E-state index in [0.717, 1.165) is 21.9 Å². The first kappa shape index (κ1) is 22.3. The molecule has 0 radical (unpaired) electrons. The van der Waals surface area contributed by atoms with Crippen molar-refractivity contribution in [1.29, 1.82) is 0 Å². The zero-order valence-electron chi connectivity index (χ0n) is 22.4. The number of imidazole rings is 1. The number of hydrogen-bond donors (Lipinski definition) is 0. The minimum atomic E-state index is 1.06. The van der Waals surface area contributed by atoms with Crippen LogP contribution in [0.4, 0.5) is 0 Å². The number of rotatable bonds is 2. The molecule has 5 aromatic heterocycles. The Labute approximate surface area is 243 Å². The van der Waals surface area contributed by atoms with Crippen LogP contribution in [0.5, 0.6) is 0 Å². The molecule has 0 atom stereocenters. The van der Waals surface area contributed by atoms with Gasteiger partial charge in [-0.2, -0.15) is 0 Å². The Balaban J connectivity index is 1.25. The van der Waals surface area contributed by atoms with E-state index in [2.05, 4.69) is 141 Å². The number of aromatic nitrogens is 4. The maximum absolute atomic E-state index is 5.02. The molecule has 0 aliphatic heterocycles. The average molecular weight is 555 g/mol. The summed E-state index contributed by atoms with van der Waals surface area (Å²) in [6.45, 7) is 0. The van der Waals surface area contributed by atoms with E-state index < -0.39 is 0 Å². The van der Waals surface area contributed by atoms with E-state index in [4.69, 9.17) is 4.98 Å². The van der Waals surface area contributed by atoms with Gasteiger partial charge < -0.3 is 4.57 Å². The first-order valence-electron chi connectivity index (χ1n) is 14.1. The second-order valence-corrected chi connectivity index (χ2v) is 11.9. The molecule has 5 heterocycles. The number of fused-ring (bicyclic) bond motifs is 11. The highest BCUT2D eigenvalue weighted by molar-refractivity contribution is 7.25. The zero-order chi connectivity index (χ0) is 27.4. The maximum atomic E-state index is 5.02. The minimum Gasteiger partial charge on any atom is -0.309 e. The number of hydrogen-bond acceptors (Lipinski definition) is 2. The topological polar surface area (TPSA) is 27.2 Å². The Bertz CT molecular complexity index is 2650. The Hall–Kier alpha value is -5.39. The summed E-state index contributed by atoms with van der Waals surface area (Å²) < 4.78 is 8.35. The first-order valence-corrected chi connectivity index (χ1v) is 15.0. The van der Waals surface area contributed by atoms with Crippen molar-refractivity contribution in [2.75, 3.05) is 0 Å². The van der Waals surface area contributed by atoms with Crippen molar-refractivity contribution < 1.29 is 0 Å². The van der Waals surface area contributed by atoms with Crippen molar-refractivity contribution >= 4 is 81.0 Å². The van der Waals surface area contributed by atoms with Crippen LogP contribution in [0.15, 0.2) is 134 Å². The second-order valence-electron chi connectivity index (χ2n) is 10.9. The maximum Gasteiger partial charge on any atom is 0.124 e. The lowest BCUT2D eigenvalue weighted by molar-refractivity contribution is 1.13. The van der Waals surface area contributed by atoms with E-state index in [-0.39, 0.29) is 0 Å². The van der Waals surface area contributed by atoms with Gasteiger partial charge in [-0.25, -0.2) is 4.98 Å². The molecule has 196 valence electrons. The highest BCUT2D eigenvalue weighted by Gasteiger charge is 2.18. The Kier molecular flexibility index (Phi) is 4.30. The van der Waals surface area contributed by atoms with Crippen molar-refractivity contribution in [3.63, 3.8) is 0 Å². The Morgan fingerprint density at radius 2 is 1.12 bits per heavy atom. The predicted octanol–water partition coefficient (Wildman–Crippen LogP) is 9.90. The Morgan fingerprint density at radius 1 is 0.476 bits per heavy atom. The number of pyridine rings is 1. The molecule has 0 aliphatic rings. The van der Waals surface area contributed by atoms with Crippen molar-refractivity contribution in [1.82, 2.24) is 18.5 Å². The van der Waals surface area contributed by atoms with Crippen LogP contribution in [-0.4, -0.2) is 18.5 Å². The van der Waals surface area contributed by atoms with E-state index in [1.807, 2.05) is 6.20 Å². The molecule has 10 rings (SSSR count). The summed E-state index contributed by atoms with van der Waals surface area (Å²) >= 11 is 1.76. The fourth-order valence-corrected chi connectivity index (χ4v) is 7.90. The van der Waals surface area contributed by atoms with Gasteiger partial charge in [0.1, 0.15) is 10.5 Å². The summed E-state index contributed by atoms with van der Waals surface area (Å²) in [7, 11) is 0. The van der Waals surface area contributed by atoms with E-state index >= 15 is 0 Å². The van der Waals surface area contributed by atoms with Gasteiger partial charge in [0.15, 0.2) is 0 Å². The molecule has 0 N–H and O–H groups in total. The van der Waals surface area contributed by atoms with Gasteiger partial charge in [0, 0.05) is 37.3 Å². The number of thiophene rings is 1. The standard InChI is InChI=1S/C37H22N4S/c1-4-12-30-23(9-1)19-36-40(33-15-7-8-16-34(33)41(30)36)25-21-29-28-20-24(17-18-35(28)42-37(29)38-22-25)39-31-13-5-2-10-26(31)27-11-3-6-14-32(27)39/h1-22H. The van der Waals surface area contributed by atoms with Crippen LogP contribution < -0.4 is 0 Å².